The Balaban J connectivity index is 1.94. The molecule has 0 amide bonds. The van der Waals surface area contributed by atoms with Gasteiger partial charge in [-0.05, 0) is 19.4 Å². The fourth-order valence-electron chi connectivity index (χ4n) is 2.25. The number of aromatic nitrogens is 2. The standard InChI is InChI=1S/C18H24F3N5OS/c1-3-14-11-25-15(28-14)7-9-24-17(22-4-2)26-10-13-6-5-8-23-16(13)27-12-18(19,20)21/h5-6,8,11H,3-4,7,9-10,12H2,1-2H3,(H2,22,24,26). The minimum absolute atomic E-state index is 0.0608. The average molecular weight is 415 g/mol. The third-order valence-electron chi connectivity index (χ3n) is 3.56. The summed E-state index contributed by atoms with van der Waals surface area (Å²) in [6, 6.07) is 3.28. The van der Waals surface area contributed by atoms with Crippen LogP contribution in [-0.4, -0.2) is 41.8 Å². The van der Waals surface area contributed by atoms with Gasteiger partial charge in [0.05, 0.1) is 11.6 Å². The van der Waals surface area contributed by atoms with E-state index in [-0.39, 0.29) is 12.4 Å². The molecule has 0 saturated heterocycles. The van der Waals surface area contributed by atoms with Gasteiger partial charge in [0.25, 0.3) is 0 Å². The molecule has 0 atom stereocenters. The summed E-state index contributed by atoms with van der Waals surface area (Å²) in [5.74, 6) is 0.509. The summed E-state index contributed by atoms with van der Waals surface area (Å²) in [7, 11) is 0. The number of guanidine groups is 1. The molecule has 0 saturated carbocycles. The van der Waals surface area contributed by atoms with Crippen LogP contribution in [0.25, 0.3) is 0 Å². The molecule has 10 heteroatoms. The molecular formula is C18H24F3N5OS. The molecule has 6 nitrogen and oxygen atoms in total. The molecule has 0 bridgehead atoms. The maximum atomic E-state index is 12.4. The fraction of sp³-hybridized carbons (Fsp3) is 0.500. The summed E-state index contributed by atoms with van der Waals surface area (Å²) in [5.41, 5.74) is 0.483. The number of aliphatic imine (C=N–C) groups is 1. The van der Waals surface area contributed by atoms with Crippen LogP contribution in [0.2, 0.25) is 0 Å². The lowest BCUT2D eigenvalue weighted by molar-refractivity contribution is -0.154. The predicted molar refractivity (Wildman–Crippen MR) is 104 cm³/mol. The molecule has 0 aromatic carbocycles. The quantitative estimate of drug-likeness (QED) is 0.486. The van der Waals surface area contributed by atoms with Crippen molar-refractivity contribution in [3.05, 3.63) is 40.0 Å². The van der Waals surface area contributed by atoms with E-state index in [2.05, 4.69) is 32.5 Å². The molecule has 0 aliphatic rings. The highest BCUT2D eigenvalue weighted by Crippen LogP contribution is 2.20. The Hall–Kier alpha value is -2.36. The minimum atomic E-state index is -4.41. The number of nitrogens with one attached hydrogen (secondary N) is 2. The van der Waals surface area contributed by atoms with Gasteiger partial charge in [-0.1, -0.05) is 13.0 Å². The Morgan fingerprint density at radius 2 is 2.07 bits per heavy atom. The van der Waals surface area contributed by atoms with Gasteiger partial charge in [0.2, 0.25) is 5.88 Å². The van der Waals surface area contributed by atoms with Crippen LogP contribution in [0.15, 0.2) is 29.5 Å². The van der Waals surface area contributed by atoms with Gasteiger partial charge in [0.15, 0.2) is 12.6 Å². The van der Waals surface area contributed by atoms with Crippen LogP contribution >= 0.6 is 11.3 Å². The van der Waals surface area contributed by atoms with Crippen molar-refractivity contribution >= 4 is 17.3 Å². The van der Waals surface area contributed by atoms with Gasteiger partial charge in [-0.15, -0.1) is 11.3 Å². The van der Waals surface area contributed by atoms with Crippen molar-refractivity contribution < 1.29 is 17.9 Å². The zero-order valence-corrected chi connectivity index (χ0v) is 16.7. The van der Waals surface area contributed by atoms with E-state index >= 15 is 0 Å². The monoisotopic (exact) mass is 415 g/mol. The molecule has 28 heavy (non-hydrogen) atoms. The molecule has 2 aromatic rings. The summed E-state index contributed by atoms with van der Waals surface area (Å²) in [6.07, 6.45) is 0.605. The van der Waals surface area contributed by atoms with Crippen LogP contribution in [0.4, 0.5) is 13.2 Å². The molecule has 0 radical (unpaired) electrons. The SMILES string of the molecule is CCNC(=NCc1cccnc1OCC(F)(F)F)NCCc1ncc(CC)s1. The molecule has 2 aromatic heterocycles. The van der Waals surface area contributed by atoms with Gasteiger partial charge < -0.3 is 15.4 Å². The Bertz CT molecular complexity index is 764. The number of halogens is 3. The molecule has 2 N–H and O–H groups in total. The van der Waals surface area contributed by atoms with E-state index in [1.807, 2.05) is 13.1 Å². The average Bonchev–Trinajstić information content (AvgIpc) is 3.12. The smallest absolute Gasteiger partial charge is 0.422 e. The number of alkyl halides is 3. The Labute approximate surface area is 166 Å². The molecule has 0 spiro atoms. The van der Waals surface area contributed by atoms with Crippen molar-refractivity contribution in [3.63, 3.8) is 0 Å². The Morgan fingerprint density at radius 1 is 1.25 bits per heavy atom. The highest BCUT2D eigenvalue weighted by molar-refractivity contribution is 7.11. The second-order valence-electron chi connectivity index (χ2n) is 5.82. The lowest BCUT2D eigenvalue weighted by Gasteiger charge is -2.13. The van der Waals surface area contributed by atoms with Crippen molar-refractivity contribution in [2.45, 2.75) is 39.4 Å². The van der Waals surface area contributed by atoms with E-state index in [9.17, 15) is 13.2 Å². The van der Waals surface area contributed by atoms with Gasteiger partial charge in [0.1, 0.15) is 0 Å². The highest BCUT2D eigenvalue weighted by Gasteiger charge is 2.29. The molecule has 2 rings (SSSR count). The fourth-order valence-corrected chi connectivity index (χ4v) is 3.11. The van der Waals surface area contributed by atoms with Crippen LogP contribution < -0.4 is 15.4 Å². The van der Waals surface area contributed by atoms with Crippen LogP contribution in [0.5, 0.6) is 5.88 Å². The largest absolute Gasteiger partial charge is 0.468 e. The summed E-state index contributed by atoms with van der Waals surface area (Å²) < 4.78 is 42.0. The maximum absolute atomic E-state index is 12.4. The summed E-state index contributed by atoms with van der Waals surface area (Å²) >= 11 is 1.69. The lowest BCUT2D eigenvalue weighted by atomic mass is 10.3. The van der Waals surface area contributed by atoms with Crippen molar-refractivity contribution in [1.29, 1.82) is 0 Å². The number of nitrogens with zero attached hydrogens (tertiary/aromatic N) is 3. The molecular weight excluding hydrogens is 391 g/mol. The van der Waals surface area contributed by atoms with Crippen LogP contribution in [0.1, 0.15) is 29.3 Å². The van der Waals surface area contributed by atoms with Gasteiger partial charge in [-0.3, -0.25) is 0 Å². The van der Waals surface area contributed by atoms with E-state index in [1.54, 1.807) is 23.5 Å². The first-order chi connectivity index (χ1) is 13.4. The van der Waals surface area contributed by atoms with E-state index in [4.69, 9.17) is 4.74 Å². The first kappa shape index (κ1) is 21.9. The number of rotatable bonds is 9. The molecule has 0 fully saturated rings. The number of ether oxygens (including phenoxy) is 1. The zero-order chi connectivity index (χ0) is 20.4. The first-order valence-electron chi connectivity index (χ1n) is 9.00. The van der Waals surface area contributed by atoms with Gasteiger partial charge in [-0.2, -0.15) is 13.2 Å². The second kappa shape index (κ2) is 10.8. The van der Waals surface area contributed by atoms with Gasteiger partial charge in [0, 0.05) is 42.3 Å². The zero-order valence-electron chi connectivity index (χ0n) is 15.8. The van der Waals surface area contributed by atoms with Crippen molar-refractivity contribution in [3.8, 4) is 5.88 Å². The summed E-state index contributed by atoms with van der Waals surface area (Å²) in [4.78, 5) is 13.9. The van der Waals surface area contributed by atoms with Crippen molar-refractivity contribution in [2.24, 2.45) is 4.99 Å². The number of aryl methyl sites for hydroxylation is 1. The number of hydrogen-bond donors (Lipinski definition) is 2. The third kappa shape index (κ3) is 7.71. The van der Waals surface area contributed by atoms with E-state index in [0.717, 1.165) is 17.8 Å². The molecule has 2 heterocycles. The normalized spacial score (nSPS) is 12.1. The van der Waals surface area contributed by atoms with Gasteiger partial charge in [-0.25, -0.2) is 15.0 Å². The molecule has 0 aliphatic heterocycles. The van der Waals surface area contributed by atoms with Crippen LogP contribution in [0.3, 0.4) is 0 Å². The van der Waals surface area contributed by atoms with Crippen LogP contribution in [-0.2, 0) is 19.4 Å². The number of thiazole rings is 1. The molecule has 0 unspecified atom stereocenters. The molecule has 154 valence electrons. The predicted octanol–water partition coefficient (Wildman–Crippen LogP) is 3.34. The number of pyridine rings is 1. The van der Waals surface area contributed by atoms with E-state index < -0.39 is 12.8 Å². The minimum Gasteiger partial charge on any atom is -0.468 e. The lowest BCUT2D eigenvalue weighted by Crippen LogP contribution is -2.38. The maximum Gasteiger partial charge on any atom is 0.422 e. The van der Waals surface area contributed by atoms with Crippen LogP contribution in [0, 0.1) is 0 Å². The Kier molecular flexibility index (Phi) is 8.49. The van der Waals surface area contributed by atoms with Crippen molar-refractivity contribution in [1.82, 2.24) is 20.6 Å². The summed E-state index contributed by atoms with van der Waals surface area (Å²) in [6.45, 7) is 4.10. The first-order valence-corrected chi connectivity index (χ1v) is 9.82. The highest BCUT2D eigenvalue weighted by atomic mass is 32.1. The third-order valence-corrected chi connectivity index (χ3v) is 4.76. The topological polar surface area (TPSA) is 71.4 Å². The number of hydrogen-bond acceptors (Lipinski definition) is 5. The second-order valence-corrected chi connectivity index (χ2v) is 7.02. The van der Waals surface area contributed by atoms with Crippen molar-refractivity contribution in [2.75, 3.05) is 19.7 Å². The van der Waals surface area contributed by atoms with E-state index in [1.165, 1.54) is 11.1 Å². The Morgan fingerprint density at radius 3 is 2.75 bits per heavy atom. The molecule has 0 aliphatic carbocycles. The van der Waals surface area contributed by atoms with Gasteiger partial charge >= 0.3 is 6.18 Å². The summed E-state index contributed by atoms with van der Waals surface area (Å²) in [5, 5.41) is 7.37. The van der Waals surface area contributed by atoms with E-state index in [0.29, 0.717) is 24.6 Å².